The molecule has 5 heteroatoms. The molecule has 1 atom stereocenters. The van der Waals surface area contributed by atoms with E-state index in [-0.39, 0.29) is 0 Å². The van der Waals surface area contributed by atoms with Crippen LogP contribution in [0.5, 0.6) is 5.88 Å². The molecular formula is C12H17N3OS. The van der Waals surface area contributed by atoms with Crippen LogP contribution < -0.4 is 10.1 Å². The highest BCUT2D eigenvalue weighted by Gasteiger charge is 2.20. The molecule has 0 aromatic carbocycles. The topological polar surface area (TPSA) is 46.5 Å². The van der Waals surface area contributed by atoms with Gasteiger partial charge in [-0.25, -0.2) is 4.98 Å². The van der Waals surface area contributed by atoms with Crippen molar-refractivity contribution in [2.24, 2.45) is 10.9 Å². The van der Waals surface area contributed by atoms with Gasteiger partial charge in [0.2, 0.25) is 5.88 Å². The summed E-state index contributed by atoms with van der Waals surface area (Å²) in [6.07, 6.45) is 1.75. The van der Waals surface area contributed by atoms with E-state index >= 15 is 0 Å². The van der Waals surface area contributed by atoms with E-state index in [0.29, 0.717) is 17.8 Å². The summed E-state index contributed by atoms with van der Waals surface area (Å²) in [4.78, 5) is 8.78. The first kappa shape index (κ1) is 12.2. The zero-order valence-electron chi connectivity index (χ0n) is 10.3. The van der Waals surface area contributed by atoms with Crippen LogP contribution in [0.1, 0.15) is 13.8 Å². The Kier molecular flexibility index (Phi) is 3.89. The summed E-state index contributed by atoms with van der Waals surface area (Å²) < 4.78 is 5.01. The molecule has 1 aliphatic heterocycles. The number of hydrogen-bond donors (Lipinski definition) is 1. The van der Waals surface area contributed by atoms with E-state index in [1.807, 2.05) is 12.1 Å². The normalized spacial score (nSPS) is 19.3. The summed E-state index contributed by atoms with van der Waals surface area (Å²) in [6, 6.07) is 4.20. The average molecular weight is 251 g/mol. The SMILES string of the molecule is COc1ccc(NC2=N[C@@H](C(C)C)CS2)cn1. The standard InChI is InChI=1S/C12H17N3OS/c1-8(2)10-7-17-12(15-10)14-9-4-5-11(16-3)13-6-9/h4-6,8,10H,7H2,1-3H3,(H,14,15)/t10-/m1/s1. The molecule has 0 fully saturated rings. The van der Waals surface area contributed by atoms with E-state index in [0.717, 1.165) is 16.6 Å². The van der Waals surface area contributed by atoms with Gasteiger partial charge in [-0.3, -0.25) is 4.99 Å². The first-order valence-corrected chi connectivity index (χ1v) is 6.65. The van der Waals surface area contributed by atoms with Gasteiger partial charge >= 0.3 is 0 Å². The summed E-state index contributed by atoms with van der Waals surface area (Å²) in [6.45, 7) is 4.40. The van der Waals surface area contributed by atoms with Crippen molar-refractivity contribution < 1.29 is 4.74 Å². The van der Waals surface area contributed by atoms with Gasteiger partial charge in [-0.1, -0.05) is 25.6 Å². The van der Waals surface area contributed by atoms with Crippen LogP contribution in [0.2, 0.25) is 0 Å². The molecule has 2 rings (SSSR count). The van der Waals surface area contributed by atoms with Gasteiger partial charge in [0.15, 0.2) is 5.17 Å². The van der Waals surface area contributed by atoms with E-state index in [1.165, 1.54) is 0 Å². The lowest BCUT2D eigenvalue weighted by Gasteiger charge is -2.08. The van der Waals surface area contributed by atoms with E-state index < -0.39 is 0 Å². The number of methoxy groups -OCH3 is 1. The van der Waals surface area contributed by atoms with Crippen molar-refractivity contribution in [3.8, 4) is 5.88 Å². The minimum absolute atomic E-state index is 0.425. The Morgan fingerprint density at radius 1 is 1.47 bits per heavy atom. The zero-order valence-corrected chi connectivity index (χ0v) is 11.1. The first-order chi connectivity index (χ1) is 8.19. The maximum Gasteiger partial charge on any atom is 0.213 e. The third kappa shape index (κ3) is 3.12. The molecule has 17 heavy (non-hydrogen) atoms. The van der Waals surface area contributed by atoms with Gasteiger partial charge in [-0.05, 0) is 12.0 Å². The fourth-order valence-corrected chi connectivity index (χ4v) is 2.69. The Morgan fingerprint density at radius 3 is 2.82 bits per heavy atom. The fraction of sp³-hybridized carbons (Fsp3) is 0.500. The van der Waals surface area contributed by atoms with Gasteiger partial charge in [-0.15, -0.1) is 0 Å². The molecule has 0 bridgehead atoms. The summed E-state index contributed by atoms with van der Waals surface area (Å²) in [5, 5.41) is 4.25. The summed E-state index contributed by atoms with van der Waals surface area (Å²) in [5.41, 5.74) is 0.946. The molecule has 0 amide bonds. The molecule has 0 saturated heterocycles. The van der Waals surface area contributed by atoms with Crippen LogP contribution >= 0.6 is 11.8 Å². The quantitative estimate of drug-likeness (QED) is 0.897. The molecule has 0 aliphatic carbocycles. The summed E-state index contributed by atoms with van der Waals surface area (Å²) in [5.74, 6) is 2.27. The number of anilines is 1. The van der Waals surface area contributed by atoms with Crippen molar-refractivity contribution in [3.05, 3.63) is 18.3 Å². The molecular weight excluding hydrogens is 234 g/mol. The Labute approximate surface area is 106 Å². The minimum atomic E-state index is 0.425. The van der Waals surface area contributed by atoms with E-state index in [1.54, 1.807) is 25.1 Å². The number of thioether (sulfide) groups is 1. The molecule has 0 radical (unpaired) electrons. The van der Waals surface area contributed by atoms with Gasteiger partial charge in [0.1, 0.15) is 0 Å². The second-order valence-electron chi connectivity index (χ2n) is 4.27. The van der Waals surface area contributed by atoms with Crippen LogP contribution in [0.15, 0.2) is 23.3 Å². The van der Waals surface area contributed by atoms with E-state index in [2.05, 4.69) is 29.1 Å². The van der Waals surface area contributed by atoms with Crippen molar-refractivity contribution >= 4 is 22.6 Å². The number of nitrogens with one attached hydrogen (secondary N) is 1. The van der Waals surface area contributed by atoms with Crippen LogP contribution in [-0.2, 0) is 0 Å². The molecule has 0 spiro atoms. The minimum Gasteiger partial charge on any atom is -0.481 e. The predicted molar refractivity (Wildman–Crippen MR) is 72.9 cm³/mol. The largest absolute Gasteiger partial charge is 0.481 e. The molecule has 4 nitrogen and oxygen atoms in total. The highest BCUT2D eigenvalue weighted by atomic mass is 32.2. The molecule has 1 aliphatic rings. The second-order valence-corrected chi connectivity index (χ2v) is 5.28. The summed E-state index contributed by atoms with van der Waals surface area (Å²) in [7, 11) is 1.61. The lowest BCUT2D eigenvalue weighted by molar-refractivity contribution is 0.398. The maximum atomic E-state index is 5.01. The van der Waals surface area contributed by atoms with Gasteiger partial charge in [0.05, 0.1) is 25.0 Å². The highest BCUT2D eigenvalue weighted by molar-refractivity contribution is 8.14. The molecule has 1 aromatic rings. The summed E-state index contributed by atoms with van der Waals surface area (Å²) >= 11 is 1.76. The fourth-order valence-electron chi connectivity index (χ4n) is 1.50. The van der Waals surface area contributed by atoms with Crippen LogP contribution in [0.4, 0.5) is 5.69 Å². The molecule has 92 valence electrons. The highest BCUT2D eigenvalue weighted by Crippen LogP contribution is 2.24. The smallest absolute Gasteiger partial charge is 0.213 e. The van der Waals surface area contributed by atoms with Gasteiger partial charge in [-0.2, -0.15) is 0 Å². The Morgan fingerprint density at radius 2 is 2.29 bits per heavy atom. The number of ether oxygens (including phenoxy) is 1. The number of amidine groups is 1. The number of hydrogen-bond acceptors (Lipinski definition) is 5. The van der Waals surface area contributed by atoms with Crippen LogP contribution in [0.25, 0.3) is 0 Å². The first-order valence-electron chi connectivity index (χ1n) is 5.66. The lowest BCUT2D eigenvalue weighted by Crippen LogP contribution is -2.12. The van der Waals surface area contributed by atoms with Crippen molar-refractivity contribution in [1.29, 1.82) is 0 Å². The molecule has 2 heterocycles. The van der Waals surface area contributed by atoms with Crippen LogP contribution in [0.3, 0.4) is 0 Å². The van der Waals surface area contributed by atoms with Crippen LogP contribution in [-0.4, -0.2) is 29.1 Å². The van der Waals surface area contributed by atoms with Crippen molar-refractivity contribution in [3.63, 3.8) is 0 Å². The van der Waals surface area contributed by atoms with E-state index in [9.17, 15) is 0 Å². The zero-order chi connectivity index (χ0) is 12.3. The number of rotatable bonds is 3. The third-order valence-electron chi connectivity index (χ3n) is 2.64. The van der Waals surface area contributed by atoms with Crippen molar-refractivity contribution in [2.75, 3.05) is 18.2 Å². The van der Waals surface area contributed by atoms with Crippen LogP contribution in [0, 0.1) is 5.92 Å². The molecule has 1 aromatic heterocycles. The van der Waals surface area contributed by atoms with E-state index in [4.69, 9.17) is 4.74 Å². The third-order valence-corrected chi connectivity index (χ3v) is 3.63. The number of pyridine rings is 1. The second kappa shape index (κ2) is 5.40. The number of nitrogens with zero attached hydrogens (tertiary/aromatic N) is 2. The monoisotopic (exact) mass is 251 g/mol. The van der Waals surface area contributed by atoms with Gasteiger partial charge in [0, 0.05) is 11.8 Å². The Bertz CT molecular complexity index is 403. The molecule has 0 saturated carbocycles. The number of aromatic nitrogens is 1. The van der Waals surface area contributed by atoms with Crippen molar-refractivity contribution in [1.82, 2.24) is 4.98 Å². The van der Waals surface area contributed by atoms with Gasteiger partial charge in [0.25, 0.3) is 0 Å². The average Bonchev–Trinajstić information content (AvgIpc) is 2.79. The lowest BCUT2D eigenvalue weighted by atomic mass is 10.1. The molecule has 1 N–H and O–H groups in total. The Balaban J connectivity index is 1.99. The van der Waals surface area contributed by atoms with Gasteiger partial charge < -0.3 is 10.1 Å². The number of aliphatic imine (C=N–C) groups is 1. The molecule has 0 unspecified atom stereocenters. The maximum absolute atomic E-state index is 5.01. The Hall–Kier alpha value is -1.23. The predicted octanol–water partition coefficient (Wildman–Crippen LogP) is 2.63. The van der Waals surface area contributed by atoms with Crippen molar-refractivity contribution in [2.45, 2.75) is 19.9 Å².